The van der Waals surface area contributed by atoms with E-state index in [0.29, 0.717) is 5.82 Å². The van der Waals surface area contributed by atoms with E-state index in [9.17, 15) is 4.39 Å². The number of nitrogens with two attached hydrogens (primary N) is 1. The van der Waals surface area contributed by atoms with Gasteiger partial charge in [-0.25, -0.2) is 9.37 Å². The van der Waals surface area contributed by atoms with Crippen LogP contribution in [0.15, 0.2) is 36.5 Å². The molecule has 110 valence electrons. The molecule has 4 nitrogen and oxygen atoms in total. The number of anilines is 3. The molecule has 2 rings (SSSR count). The first-order chi connectivity index (χ1) is 10.0. The van der Waals surface area contributed by atoms with Crippen molar-refractivity contribution in [3.05, 3.63) is 47.9 Å². The van der Waals surface area contributed by atoms with Crippen molar-refractivity contribution in [3.63, 3.8) is 0 Å². The molecule has 1 aromatic heterocycles. The number of benzene rings is 1. The predicted octanol–water partition coefficient (Wildman–Crippen LogP) is 3.78. The third-order valence-corrected chi connectivity index (χ3v) is 3.02. The highest BCUT2D eigenvalue weighted by Crippen LogP contribution is 2.31. The summed E-state index contributed by atoms with van der Waals surface area (Å²) in [6, 6.07) is 6.63. The summed E-state index contributed by atoms with van der Waals surface area (Å²) in [4.78, 5) is 10.2. The van der Waals surface area contributed by atoms with Crippen molar-refractivity contribution in [2.45, 2.75) is 26.8 Å². The van der Waals surface area contributed by atoms with Crippen molar-refractivity contribution < 1.29 is 4.39 Å². The first-order valence-electron chi connectivity index (χ1n) is 6.83. The monoisotopic (exact) mass is 286 g/mol. The Bertz CT molecular complexity index is 652. The fourth-order valence-corrected chi connectivity index (χ4v) is 2.22. The Hall–Kier alpha value is -2.43. The summed E-state index contributed by atoms with van der Waals surface area (Å²) in [7, 11) is 0. The standard InChI is InChI=1S/C16H19FN4/c1-4-5-12-10-13(17)6-7-14(12)21(11(2)3)15-8-9-19-16(18)20-15/h4-11H,1-3H3,(H2,18,19,20)/b5-4+. The molecule has 0 saturated carbocycles. The van der Waals surface area contributed by atoms with Gasteiger partial charge in [-0.15, -0.1) is 0 Å². The van der Waals surface area contributed by atoms with Crippen LogP contribution in [0.5, 0.6) is 0 Å². The highest BCUT2D eigenvalue weighted by Gasteiger charge is 2.17. The van der Waals surface area contributed by atoms with Crippen molar-refractivity contribution in [3.8, 4) is 0 Å². The van der Waals surface area contributed by atoms with Gasteiger partial charge in [0.1, 0.15) is 11.6 Å². The molecule has 0 amide bonds. The molecule has 0 spiro atoms. The molecule has 0 fully saturated rings. The van der Waals surface area contributed by atoms with Gasteiger partial charge in [0.05, 0.1) is 5.69 Å². The summed E-state index contributed by atoms with van der Waals surface area (Å²) in [5.74, 6) is 0.639. The van der Waals surface area contributed by atoms with Crippen molar-refractivity contribution in [2.24, 2.45) is 0 Å². The Kier molecular flexibility index (Phi) is 4.52. The van der Waals surface area contributed by atoms with Gasteiger partial charge < -0.3 is 10.6 Å². The smallest absolute Gasteiger partial charge is 0.221 e. The third kappa shape index (κ3) is 3.37. The number of halogens is 1. The third-order valence-electron chi connectivity index (χ3n) is 3.02. The van der Waals surface area contributed by atoms with E-state index in [1.807, 2.05) is 37.8 Å². The van der Waals surface area contributed by atoms with E-state index in [2.05, 4.69) is 9.97 Å². The highest BCUT2D eigenvalue weighted by atomic mass is 19.1. The molecule has 2 aromatic rings. The lowest BCUT2D eigenvalue weighted by Crippen LogP contribution is -2.27. The maximum atomic E-state index is 13.5. The lowest BCUT2D eigenvalue weighted by molar-refractivity contribution is 0.627. The molecule has 5 heteroatoms. The fraction of sp³-hybridized carbons (Fsp3) is 0.250. The second kappa shape index (κ2) is 6.35. The van der Waals surface area contributed by atoms with Crippen LogP contribution in [0.1, 0.15) is 26.3 Å². The van der Waals surface area contributed by atoms with Crippen LogP contribution < -0.4 is 10.6 Å². The average Bonchev–Trinajstić information content (AvgIpc) is 2.41. The molecule has 0 aliphatic heterocycles. The number of hydrogen-bond acceptors (Lipinski definition) is 4. The number of allylic oxidation sites excluding steroid dienone is 1. The summed E-state index contributed by atoms with van der Waals surface area (Å²) in [6.07, 6.45) is 5.37. The van der Waals surface area contributed by atoms with Crippen LogP contribution in [-0.2, 0) is 0 Å². The number of aromatic nitrogens is 2. The van der Waals surface area contributed by atoms with Crippen LogP contribution in [-0.4, -0.2) is 16.0 Å². The lowest BCUT2D eigenvalue weighted by Gasteiger charge is -2.29. The summed E-state index contributed by atoms with van der Waals surface area (Å²) in [6.45, 7) is 5.99. The van der Waals surface area contributed by atoms with Gasteiger partial charge in [0.25, 0.3) is 0 Å². The molecule has 0 bridgehead atoms. The van der Waals surface area contributed by atoms with Gasteiger partial charge >= 0.3 is 0 Å². The molecular formula is C16H19FN4. The minimum atomic E-state index is -0.266. The fourth-order valence-electron chi connectivity index (χ4n) is 2.22. The van der Waals surface area contributed by atoms with Crippen molar-refractivity contribution >= 4 is 23.5 Å². The number of rotatable bonds is 4. The van der Waals surface area contributed by atoms with Gasteiger partial charge in [0, 0.05) is 17.8 Å². The van der Waals surface area contributed by atoms with E-state index in [1.54, 1.807) is 18.3 Å². The second-order valence-corrected chi connectivity index (χ2v) is 4.94. The zero-order valence-electron chi connectivity index (χ0n) is 12.4. The van der Waals surface area contributed by atoms with Crippen LogP contribution in [0.4, 0.5) is 21.8 Å². The minimum Gasteiger partial charge on any atom is -0.368 e. The summed E-state index contributed by atoms with van der Waals surface area (Å²) >= 11 is 0. The normalized spacial score (nSPS) is 11.3. The molecule has 0 saturated heterocycles. The summed E-state index contributed by atoms with van der Waals surface area (Å²) in [5.41, 5.74) is 7.34. The molecule has 1 aromatic carbocycles. The van der Waals surface area contributed by atoms with Gasteiger partial charge in [-0.2, -0.15) is 4.98 Å². The quantitative estimate of drug-likeness (QED) is 0.929. The van der Waals surface area contributed by atoms with E-state index in [-0.39, 0.29) is 17.8 Å². The molecule has 0 unspecified atom stereocenters. The molecule has 1 heterocycles. The van der Waals surface area contributed by atoms with Crippen LogP contribution in [0.3, 0.4) is 0 Å². The summed E-state index contributed by atoms with van der Waals surface area (Å²) < 4.78 is 13.5. The van der Waals surface area contributed by atoms with Crippen molar-refractivity contribution in [1.29, 1.82) is 0 Å². The Morgan fingerprint density at radius 3 is 2.67 bits per heavy atom. The molecule has 0 aliphatic carbocycles. The average molecular weight is 286 g/mol. The van der Waals surface area contributed by atoms with Gasteiger partial charge in [0.2, 0.25) is 5.95 Å². The van der Waals surface area contributed by atoms with Crippen molar-refractivity contribution in [2.75, 3.05) is 10.6 Å². The van der Waals surface area contributed by atoms with Gasteiger partial charge in [-0.1, -0.05) is 12.2 Å². The number of nitrogens with zero attached hydrogens (tertiary/aromatic N) is 3. The van der Waals surface area contributed by atoms with E-state index in [0.717, 1.165) is 11.3 Å². The zero-order chi connectivity index (χ0) is 15.4. The van der Waals surface area contributed by atoms with Crippen LogP contribution in [0, 0.1) is 5.82 Å². The highest BCUT2D eigenvalue weighted by molar-refractivity contribution is 5.73. The van der Waals surface area contributed by atoms with Gasteiger partial charge in [-0.05, 0) is 45.0 Å². The molecule has 0 radical (unpaired) electrons. The maximum Gasteiger partial charge on any atom is 0.221 e. The summed E-state index contributed by atoms with van der Waals surface area (Å²) in [5, 5.41) is 0. The molecule has 0 aliphatic rings. The van der Waals surface area contributed by atoms with Gasteiger partial charge in [0.15, 0.2) is 0 Å². The maximum absolute atomic E-state index is 13.5. The van der Waals surface area contributed by atoms with E-state index in [1.165, 1.54) is 12.1 Å². The first kappa shape index (κ1) is 15.0. The van der Waals surface area contributed by atoms with Crippen molar-refractivity contribution in [1.82, 2.24) is 9.97 Å². The van der Waals surface area contributed by atoms with E-state index in [4.69, 9.17) is 5.73 Å². The van der Waals surface area contributed by atoms with Crippen LogP contribution >= 0.6 is 0 Å². The zero-order valence-corrected chi connectivity index (χ0v) is 12.4. The van der Waals surface area contributed by atoms with Crippen LogP contribution in [0.25, 0.3) is 6.08 Å². The van der Waals surface area contributed by atoms with Crippen LogP contribution in [0.2, 0.25) is 0 Å². The Morgan fingerprint density at radius 1 is 1.29 bits per heavy atom. The lowest BCUT2D eigenvalue weighted by atomic mass is 10.1. The largest absolute Gasteiger partial charge is 0.368 e. The number of hydrogen-bond donors (Lipinski definition) is 1. The first-order valence-corrected chi connectivity index (χ1v) is 6.83. The van der Waals surface area contributed by atoms with E-state index < -0.39 is 0 Å². The Labute approximate surface area is 124 Å². The molecule has 2 N–H and O–H groups in total. The second-order valence-electron chi connectivity index (χ2n) is 4.94. The Morgan fingerprint density at radius 2 is 2.05 bits per heavy atom. The molecule has 21 heavy (non-hydrogen) atoms. The number of nitrogen functional groups attached to an aromatic ring is 1. The molecule has 0 atom stereocenters. The topological polar surface area (TPSA) is 55.0 Å². The van der Waals surface area contributed by atoms with Gasteiger partial charge in [-0.3, -0.25) is 0 Å². The predicted molar refractivity (Wildman–Crippen MR) is 84.8 cm³/mol. The SMILES string of the molecule is C/C=C/c1cc(F)ccc1N(c1ccnc(N)n1)C(C)C. The molecular weight excluding hydrogens is 267 g/mol. The van der Waals surface area contributed by atoms with E-state index >= 15 is 0 Å². The minimum absolute atomic E-state index is 0.133. The Balaban J connectivity index is 2.58.